The first kappa shape index (κ1) is 7.50. The molecule has 4 heteroatoms. The van der Waals surface area contributed by atoms with Crippen molar-refractivity contribution in [2.75, 3.05) is 13.2 Å². The van der Waals surface area contributed by atoms with Crippen LogP contribution in [-0.4, -0.2) is 36.5 Å². The normalized spacial score (nSPS) is 32.2. The molecule has 1 saturated heterocycles. The molecular weight excluding hydrogens is 136 g/mol. The minimum Gasteiger partial charge on any atom is -0.457 e. The van der Waals surface area contributed by atoms with Crippen LogP contribution in [0, 0.1) is 0 Å². The van der Waals surface area contributed by atoms with Gasteiger partial charge in [-0.3, -0.25) is 4.79 Å². The third-order valence-electron chi connectivity index (χ3n) is 1.32. The number of ether oxygens (including phenoxy) is 2. The Labute approximate surface area is 58.7 Å². The van der Waals surface area contributed by atoms with E-state index in [9.17, 15) is 4.79 Å². The maximum atomic E-state index is 10.4. The van der Waals surface area contributed by atoms with Crippen LogP contribution in [0.3, 0.4) is 0 Å². The summed E-state index contributed by atoms with van der Waals surface area (Å²) < 4.78 is 9.55. The summed E-state index contributed by atoms with van der Waals surface area (Å²) in [6, 6.07) is 0. The van der Waals surface area contributed by atoms with E-state index in [0.29, 0.717) is 6.61 Å². The monoisotopic (exact) mass is 146 g/mol. The van der Waals surface area contributed by atoms with E-state index in [4.69, 9.17) is 14.6 Å². The maximum Gasteiger partial charge on any atom is 0.303 e. The number of hydrogen-bond acceptors (Lipinski definition) is 4. The molecule has 1 N–H and O–H groups in total. The first-order valence-corrected chi connectivity index (χ1v) is 3.13. The topological polar surface area (TPSA) is 55.8 Å². The lowest BCUT2D eigenvalue weighted by atomic mass is 10.3. The number of hydrogen-bond donors (Lipinski definition) is 1. The van der Waals surface area contributed by atoms with Gasteiger partial charge in [0, 0.05) is 6.92 Å². The Kier molecular flexibility index (Phi) is 2.24. The first-order chi connectivity index (χ1) is 4.70. The molecule has 0 radical (unpaired) electrons. The van der Waals surface area contributed by atoms with Gasteiger partial charge in [-0.1, -0.05) is 0 Å². The molecule has 2 atom stereocenters. The summed E-state index contributed by atoms with van der Waals surface area (Å²) in [5.74, 6) is -0.380. The van der Waals surface area contributed by atoms with E-state index in [1.807, 2.05) is 0 Å². The highest BCUT2D eigenvalue weighted by Crippen LogP contribution is 2.08. The summed E-state index contributed by atoms with van der Waals surface area (Å²) in [5.41, 5.74) is 0. The van der Waals surface area contributed by atoms with Gasteiger partial charge in [0.2, 0.25) is 0 Å². The summed E-state index contributed by atoms with van der Waals surface area (Å²) in [7, 11) is 0. The van der Waals surface area contributed by atoms with E-state index in [-0.39, 0.29) is 12.6 Å². The van der Waals surface area contributed by atoms with Gasteiger partial charge < -0.3 is 14.6 Å². The molecule has 1 rings (SSSR count). The zero-order valence-electron chi connectivity index (χ0n) is 5.74. The van der Waals surface area contributed by atoms with Crippen LogP contribution in [0.5, 0.6) is 0 Å². The van der Waals surface area contributed by atoms with E-state index in [1.165, 1.54) is 6.92 Å². The summed E-state index contributed by atoms with van der Waals surface area (Å²) >= 11 is 0. The van der Waals surface area contributed by atoms with Crippen LogP contribution in [0.2, 0.25) is 0 Å². The molecule has 58 valence electrons. The summed E-state index contributed by atoms with van der Waals surface area (Å²) in [5, 5.41) is 9.04. The summed E-state index contributed by atoms with van der Waals surface area (Å²) in [4.78, 5) is 10.4. The third kappa shape index (κ3) is 1.68. The molecule has 4 nitrogen and oxygen atoms in total. The zero-order valence-corrected chi connectivity index (χ0v) is 5.74. The standard InChI is InChI=1S/C6H10O4/c1-4(7)10-6-3-9-2-5(6)8/h5-6,8H,2-3H2,1H3/t5-,6-/m0/s1. The third-order valence-corrected chi connectivity index (χ3v) is 1.32. The van der Waals surface area contributed by atoms with Gasteiger partial charge in [-0.05, 0) is 0 Å². The Balaban J connectivity index is 2.33. The highest BCUT2D eigenvalue weighted by molar-refractivity contribution is 5.66. The molecule has 10 heavy (non-hydrogen) atoms. The van der Waals surface area contributed by atoms with Gasteiger partial charge in [-0.15, -0.1) is 0 Å². The molecule has 1 heterocycles. The van der Waals surface area contributed by atoms with E-state index in [1.54, 1.807) is 0 Å². The lowest BCUT2D eigenvalue weighted by Crippen LogP contribution is -2.28. The SMILES string of the molecule is CC(=O)O[C@H]1COC[C@@H]1O. The van der Waals surface area contributed by atoms with Gasteiger partial charge in [0.15, 0.2) is 6.10 Å². The minimum absolute atomic E-state index is 0.262. The number of esters is 1. The van der Waals surface area contributed by atoms with Crippen LogP contribution in [-0.2, 0) is 14.3 Å². The molecule has 0 spiro atoms. The smallest absolute Gasteiger partial charge is 0.303 e. The molecule has 0 aliphatic carbocycles. The molecule has 0 saturated carbocycles. The average molecular weight is 146 g/mol. The van der Waals surface area contributed by atoms with Gasteiger partial charge in [0.1, 0.15) is 6.10 Å². The Morgan fingerprint density at radius 2 is 2.40 bits per heavy atom. The predicted molar refractivity (Wildman–Crippen MR) is 32.4 cm³/mol. The highest BCUT2D eigenvalue weighted by atomic mass is 16.6. The number of carbonyl (C=O) groups is 1. The minimum atomic E-state index is -0.649. The van der Waals surface area contributed by atoms with Crippen LogP contribution in [0.15, 0.2) is 0 Å². The van der Waals surface area contributed by atoms with Crippen molar-refractivity contribution in [1.82, 2.24) is 0 Å². The first-order valence-electron chi connectivity index (χ1n) is 3.13. The van der Waals surface area contributed by atoms with E-state index < -0.39 is 12.2 Å². The average Bonchev–Trinajstić information content (AvgIpc) is 2.15. The fourth-order valence-electron chi connectivity index (χ4n) is 0.849. The van der Waals surface area contributed by atoms with Crippen molar-refractivity contribution < 1.29 is 19.4 Å². The Morgan fingerprint density at radius 3 is 2.80 bits per heavy atom. The van der Waals surface area contributed by atoms with Crippen LogP contribution in [0.25, 0.3) is 0 Å². The molecule has 1 aliphatic heterocycles. The van der Waals surface area contributed by atoms with Gasteiger partial charge in [-0.25, -0.2) is 0 Å². The fourth-order valence-corrected chi connectivity index (χ4v) is 0.849. The van der Waals surface area contributed by atoms with E-state index in [2.05, 4.69) is 0 Å². The van der Waals surface area contributed by atoms with Crippen molar-refractivity contribution in [2.24, 2.45) is 0 Å². The lowest BCUT2D eigenvalue weighted by molar-refractivity contribution is -0.149. The second kappa shape index (κ2) is 2.98. The second-order valence-corrected chi connectivity index (χ2v) is 2.25. The van der Waals surface area contributed by atoms with Gasteiger partial charge in [0.05, 0.1) is 13.2 Å². The van der Waals surface area contributed by atoms with E-state index >= 15 is 0 Å². The number of rotatable bonds is 1. The van der Waals surface area contributed by atoms with Crippen LogP contribution in [0.1, 0.15) is 6.92 Å². The van der Waals surface area contributed by atoms with Crippen molar-refractivity contribution in [1.29, 1.82) is 0 Å². The summed E-state index contributed by atoms with van der Waals surface area (Å²) in [6.45, 7) is 1.88. The van der Waals surface area contributed by atoms with Crippen LogP contribution < -0.4 is 0 Å². The van der Waals surface area contributed by atoms with Gasteiger partial charge >= 0.3 is 5.97 Å². The number of aliphatic hydroxyl groups excluding tert-OH is 1. The molecular formula is C6H10O4. The quantitative estimate of drug-likeness (QED) is 0.497. The molecule has 0 bridgehead atoms. The van der Waals surface area contributed by atoms with Crippen molar-refractivity contribution in [3.8, 4) is 0 Å². The number of aliphatic hydroxyl groups is 1. The van der Waals surface area contributed by atoms with Crippen molar-refractivity contribution in [3.05, 3.63) is 0 Å². The largest absolute Gasteiger partial charge is 0.457 e. The predicted octanol–water partition coefficient (Wildman–Crippen LogP) is -0.691. The Morgan fingerprint density at radius 1 is 1.70 bits per heavy atom. The molecule has 0 aromatic rings. The molecule has 0 unspecified atom stereocenters. The molecule has 1 aliphatic rings. The molecule has 1 fully saturated rings. The molecule has 0 amide bonds. The maximum absolute atomic E-state index is 10.4. The Hall–Kier alpha value is -0.610. The van der Waals surface area contributed by atoms with E-state index in [0.717, 1.165) is 0 Å². The highest BCUT2D eigenvalue weighted by Gasteiger charge is 2.28. The Bertz CT molecular complexity index is 134. The van der Waals surface area contributed by atoms with Crippen molar-refractivity contribution in [3.63, 3.8) is 0 Å². The fraction of sp³-hybridized carbons (Fsp3) is 0.833. The number of carbonyl (C=O) groups excluding carboxylic acids is 1. The molecule has 0 aromatic heterocycles. The van der Waals surface area contributed by atoms with Gasteiger partial charge in [0.25, 0.3) is 0 Å². The summed E-state index contributed by atoms with van der Waals surface area (Å²) in [6.07, 6.45) is -1.11. The van der Waals surface area contributed by atoms with Gasteiger partial charge in [-0.2, -0.15) is 0 Å². The zero-order chi connectivity index (χ0) is 7.56. The lowest BCUT2D eigenvalue weighted by Gasteiger charge is -2.11. The second-order valence-electron chi connectivity index (χ2n) is 2.25. The van der Waals surface area contributed by atoms with Crippen molar-refractivity contribution >= 4 is 5.97 Å². The van der Waals surface area contributed by atoms with Crippen LogP contribution >= 0.6 is 0 Å². The molecule has 0 aromatic carbocycles. The van der Waals surface area contributed by atoms with Crippen molar-refractivity contribution in [2.45, 2.75) is 19.1 Å². The van der Waals surface area contributed by atoms with Crippen LogP contribution in [0.4, 0.5) is 0 Å².